The summed E-state index contributed by atoms with van der Waals surface area (Å²) >= 11 is 0.300. The topological polar surface area (TPSA) is 51.2 Å². The average molecular weight is 313 g/mol. The zero-order valence-corrected chi connectivity index (χ0v) is 6.08. The number of hydrogen-bond donors (Lipinski definition) is 0. The van der Waals surface area contributed by atoms with Gasteiger partial charge in [0.05, 0.1) is 0 Å². The maximum atomic E-state index is 8.40. The molecule has 0 spiro atoms. The van der Waals surface area contributed by atoms with E-state index in [4.69, 9.17) is 12.0 Å². The predicted molar refractivity (Wildman–Crippen MR) is 23.5 cm³/mol. The molecule has 6 heteroatoms. The van der Waals surface area contributed by atoms with Gasteiger partial charge >= 0.3 is 60.7 Å². The van der Waals surface area contributed by atoms with E-state index in [1.807, 2.05) is 0 Å². The zero-order valence-electron chi connectivity index (χ0n) is 2.22. The third-order valence-corrected chi connectivity index (χ3v) is 0. The van der Waals surface area contributed by atoms with E-state index >= 15 is 0 Å². The van der Waals surface area contributed by atoms with Crippen LogP contribution in [0.1, 0.15) is 0 Å². The fraction of sp³-hybridized carbons (Fsp3) is 0. The second-order valence-corrected chi connectivity index (χ2v) is 0.250. The van der Waals surface area contributed by atoms with Crippen molar-refractivity contribution < 1.29 is 12.0 Å². The van der Waals surface area contributed by atoms with E-state index in [1.165, 1.54) is 0 Å². The Hall–Kier alpha value is 1.29. The van der Waals surface area contributed by atoms with Crippen LogP contribution in [0, 0.1) is 0 Å². The Bertz CT molecular complexity index is 40.1. The van der Waals surface area contributed by atoms with E-state index in [0.717, 1.165) is 0 Å². The molecule has 0 aliphatic carbocycles. The molecule has 3 nitrogen and oxygen atoms in total. The molecule has 0 atom stereocenters. The Kier molecular flexibility index (Phi) is 87.8. The first kappa shape index (κ1) is 15.7. The van der Waals surface area contributed by atoms with Crippen molar-refractivity contribution in [3.63, 3.8) is 0 Å². The van der Waals surface area contributed by atoms with Gasteiger partial charge in [0.1, 0.15) is 0 Å². The SMILES string of the molecule is O=[Si]=O.[InH3].[O]=[Sn]. The molecule has 0 unspecified atom stereocenters. The average Bonchev–Trinajstić information content (AvgIpc) is 1.46. The Morgan fingerprint density at radius 1 is 1.17 bits per heavy atom. The molecule has 2 radical (unpaired) electrons. The second-order valence-electron chi connectivity index (χ2n) is 0.0833. The fourth-order valence-corrected chi connectivity index (χ4v) is 0. The summed E-state index contributed by atoms with van der Waals surface area (Å²) < 4.78 is 25.1. The molecule has 0 saturated carbocycles. The van der Waals surface area contributed by atoms with Gasteiger partial charge in [0.2, 0.25) is 0 Å². The van der Waals surface area contributed by atoms with Crippen LogP contribution in [0.4, 0.5) is 0 Å². The Morgan fingerprint density at radius 2 is 1.17 bits per heavy atom. The second kappa shape index (κ2) is 33.6. The van der Waals surface area contributed by atoms with Crippen molar-refractivity contribution in [2.75, 3.05) is 0 Å². The first-order valence-corrected chi connectivity index (χ1v) is 2.59. The van der Waals surface area contributed by atoms with Crippen LogP contribution in [-0.2, 0) is 12.0 Å². The van der Waals surface area contributed by atoms with E-state index in [2.05, 4.69) is 0 Å². The monoisotopic (exact) mass is 314 g/mol. The van der Waals surface area contributed by atoms with Gasteiger partial charge in [-0.15, -0.1) is 0 Å². The van der Waals surface area contributed by atoms with Gasteiger partial charge in [-0.3, -0.25) is 8.92 Å². The van der Waals surface area contributed by atoms with Crippen molar-refractivity contribution in [2.24, 2.45) is 0 Å². The molecule has 0 rings (SSSR count). The van der Waals surface area contributed by atoms with Crippen molar-refractivity contribution in [2.45, 2.75) is 0 Å². The molecule has 0 amide bonds. The third-order valence-electron chi connectivity index (χ3n) is 0. The summed E-state index contributed by atoms with van der Waals surface area (Å²) in [5.74, 6) is 0. The van der Waals surface area contributed by atoms with Crippen LogP contribution in [0.2, 0.25) is 0 Å². The van der Waals surface area contributed by atoms with E-state index in [0.29, 0.717) is 22.5 Å². The molecule has 0 aliphatic rings. The summed E-state index contributed by atoms with van der Waals surface area (Å²) in [6.45, 7) is 0. The Labute approximate surface area is 69.1 Å². The first-order chi connectivity index (χ1) is 2.41. The maximum absolute atomic E-state index is 8.40. The molecule has 0 fully saturated rings. The molecule has 0 aromatic rings. The summed E-state index contributed by atoms with van der Waals surface area (Å²) in [5.41, 5.74) is 0. The predicted octanol–water partition coefficient (Wildman–Crippen LogP) is -2.30. The molecule has 0 heterocycles. The molecule has 0 bridgehead atoms. The summed E-state index contributed by atoms with van der Waals surface area (Å²) in [6, 6.07) is 0. The molecule has 32 valence electrons. The molecule has 0 aromatic carbocycles. The van der Waals surface area contributed by atoms with Gasteiger partial charge in [-0.2, -0.15) is 0 Å². The minimum atomic E-state index is -1.42. The van der Waals surface area contributed by atoms with Crippen LogP contribution in [0.25, 0.3) is 0 Å². The van der Waals surface area contributed by atoms with Crippen molar-refractivity contribution in [3.05, 3.63) is 0 Å². The zero-order chi connectivity index (χ0) is 4.71. The molecular formula is H3InO3SiSn. The molecule has 6 heavy (non-hydrogen) atoms. The number of rotatable bonds is 0. The number of hydrogen-bond acceptors (Lipinski definition) is 3. The molecule has 0 N–H and O–H groups in total. The van der Waals surface area contributed by atoms with Gasteiger partial charge in [-0.25, -0.2) is 0 Å². The molecule has 0 saturated heterocycles. The third kappa shape index (κ3) is 58.7. The van der Waals surface area contributed by atoms with Crippen LogP contribution < -0.4 is 0 Å². The van der Waals surface area contributed by atoms with E-state index < -0.39 is 9.29 Å². The van der Waals surface area contributed by atoms with Crippen LogP contribution in [0.15, 0.2) is 0 Å². The quantitative estimate of drug-likeness (QED) is 0.473. The van der Waals surface area contributed by atoms with Gasteiger partial charge in [0.15, 0.2) is 0 Å². The standard InChI is InChI=1S/In.O2Si.O.Sn.3H/c;1-3-2;;;;;. The Morgan fingerprint density at radius 3 is 1.17 bits per heavy atom. The summed E-state index contributed by atoms with van der Waals surface area (Å²) in [6.07, 6.45) is 0. The van der Waals surface area contributed by atoms with Gasteiger partial charge in [0, 0.05) is 0 Å². The van der Waals surface area contributed by atoms with Crippen molar-refractivity contribution in [1.29, 1.82) is 0 Å². The van der Waals surface area contributed by atoms with E-state index in [1.54, 1.807) is 0 Å². The van der Waals surface area contributed by atoms with Gasteiger partial charge < -0.3 is 0 Å². The van der Waals surface area contributed by atoms with Gasteiger partial charge in [0.25, 0.3) is 0 Å². The fourth-order valence-electron chi connectivity index (χ4n) is 0. The van der Waals surface area contributed by atoms with E-state index in [9.17, 15) is 0 Å². The van der Waals surface area contributed by atoms with Crippen LogP contribution in [0.3, 0.4) is 0 Å². The summed E-state index contributed by atoms with van der Waals surface area (Å²) in [4.78, 5) is 0. The van der Waals surface area contributed by atoms with Crippen LogP contribution >= 0.6 is 0 Å². The molecule has 0 aromatic heterocycles. The minimum absolute atomic E-state index is 0. The van der Waals surface area contributed by atoms with Crippen molar-refractivity contribution in [1.82, 2.24) is 0 Å². The normalized spacial score (nSPS) is 2.00. The van der Waals surface area contributed by atoms with Crippen molar-refractivity contribution >= 4 is 57.6 Å². The van der Waals surface area contributed by atoms with Gasteiger partial charge in [-0.1, -0.05) is 0 Å². The van der Waals surface area contributed by atoms with Gasteiger partial charge in [-0.05, 0) is 0 Å². The Balaban J connectivity index is -0.0000000275. The first-order valence-electron chi connectivity index (χ1n) is 0.612. The van der Waals surface area contributed by atoms with Crippen molar-refractivity contribution in [3.8, 4) is 0 Å². The summed E-state index contributed by atoms with van der Waals surface area (Å²) in [5, 5.41) is 0. The van der Waals surface area contributed by atoms with E-state index in [-0.39, 0.29) is 25.8 Å². The molecule has 0 aliphatic heterocycles. The van der Waals surface area contributed by atoms with Crippen LogP contribution in [0.5, 0.6) is 0 Å². The molecular weight excluding hydrogens is 310 g/mol. The van der Waals surface area contributed by atoms with Crippen LogP contribution in [-0.4, -0.2) is 57.6 Å². The summed E-state index contributed by atoms with van der Waals surface area (Å²) in [7, 11) is -1.42.